The van der Waals surface area contributed by atoms with Gasteiger partial charge in [0, 0.05) is 39.1 Å². The van der Waals surface area contributed by atoms with E-state index < -0.39 is 0 Å². The van der Waals surface area contributed by atoms with Gasteiger partial charge in [-0.3, -0.25) is 4.90 Å². The third kappa shape index (κ3) is 2.59. The monoisotopic (exact) mass is 317 g/mol. The predicted octanol–water partition coefficient (Wildman–Crippen LogP) is 2.20. The maximum absolute atomic E-state index is 6.30. The molecule has 0 atom stereocenters. The number of aryl methyl sites for hydroxylation is 1. The molecule has 1 aromatic heterocycles. The maximum Gasteiger partial charge on any atom is 0.147 e. The number of aromatic nitrogens is 3. The molecule has 1 aromatic carbocycles. The molecule has 0 bridgehead atoms. The number of nitrogens with zero attached hydrogens (tertiary/aromatic N) is 5. The first kappa shape index (κ1) is 14.0. The van der Waals surface area contributed by atoms with Crippen LogP contribution >= 0.6 is 11.6 Å². The molecule has 2 aliphatic rings. The molecule has 0 N–H and O–H groups in total. The summed E-state index contributed by atoms with van der Waals surface area (Å²) in [6, 6.07) is 8.09. The molecule has 116 valence electrons. The lowest BCUT2D eigenvalue weighted by Gasteiger charge is -2.36. The van der Waals surface area contributed by atoms with Crippen LogP contribution < -0.4 is 4.90 Å². The second-order valence-electron chi connectivity index (χ2n) is 6.00. The van der Waals surface area contributed by atoms with Gasteiger partial charge in [0.1, 0.15) is 11.6 Å². The van der Waals surface area contributed by atoms with E-state index in [1.807, 2.05) is 18.2 Å². The van der Waals surface area contributed by atoms with Crippen LogP contribution in [0.25, 0.3) is 0 Å². The Hall–Kier alpha value is -1.59. The number of hydrogen-bond acceptors (Lipinski definition) is 4. The Labute approximate surface area is 135 Å². The van der Waals surface area contributed by atoms with Crippen LogP contribution in [0.2, 0.25) is 5.02 Å². The van der Waals surface area contributed by atoms with Gasteiger partial charge in [0.05, 0.1) is 17.3 Å². The van der Waals surface area contributed by atoms with Crippen molar-refractivity contribution in [1.29, 1.82) is 0 Å². The Morgan fingerprint density at radius 2 is 1.82 bits per heavy atom. The number of para-hydroxylation sites is 1. The van der Waals surface area contributed by atoms with Gasteiger partial charge >= 0.3 is 0 Å². The molecule has 22 heavy (non-hydrogen) atoms. The molecule has 5 nitrogen and oxygen atoms in total. The molecule has 1 saturated heterocycles. The van der Waals surface area contributed by atoms with Crippen molar-refractivity contribution < 1.29 is 0 Å². The number of halogens is 1. The lowest BCUT2D eigenvalue weighted by Crippen LogP contribution is -2.46. The van der Waals surface area contributed by atoms with Crippen LogP contribution in [0.1, 0.15) is 18.1 Å². The topological polar surface area (TPSA) is 37.2 Å². The van der Waals surface area contributed by atoms with Gasteiger partial charge in [-0.15, -0.1) is 10.2 Å². The number of rotatable bonds is 3. The molecule has 0 saturated carbocycles. The van der Waals surface area contributed by atoms with E-state index in [-0.39, 0.29) is 0 Å². The van der Waals surface area contributed by atoms with Crippen molar-refractivity contribution in [3.05, 3.63) is 40.9 Å². The van der Waals surface area contributed by atoms with E-state index in [2.05, 4.69) is 30.6 Å². The van der Waals surface area contributed by atoms with Crippen LogP contribution in [0.3, 0.4) is 0 Å². The Morgan fingerprint density at radius 3 is 2.64 bits per heavy atom. The normalized spacial score (nSPS) is 18.7. The number of piperazine rings is 1. The van der Waals surface area contributed by atoms with Gasteiger partial charge in [0.25, 0.3) is 0 Å². The highest BCUT2D eigenvalue weighted by atomic mass is 35.5. The zero-order chi connectivity index (χ0) is 14.9. The largest absolute Gasteiger partial charge is 0.368 e. The number of benzene rings is 1. The SMILES string of the molecule is Clc1ccccc1N1CCN(Cc2nnc3n2CCC3)CC1. The second-order valence-corrected chi connectivity index (χ2v) is 6.41. The smallest absolute Gasteiger partial charge is 0.147 e. The zero-order valence-electron chi connectivity index (χ0n) is 12.6. The molecule has 1 fully saturated rings. The highest BCUT2D eigenvalue weighted by molar-refractivity contribution is 6.33. The molecular formula is C16H20ClN5. The summed E-state index contributed by atoms with van der Waals surface area (Å²) in [5.41, 5.74) is 1.15. The quantitative estimate of drug-likeness (QED) is 0.870. The first-order chi connectivity index (χ1) is 10.8. The molecule has 3 heterocycles. The summed E-state index contributed by atoms with van der Waals surface area (Å²) in [6.07, 6.45) is 2.28. The molecular weight excluding hydrogens is 298 g/mol. The van der Waals surface area contributed by atoms with Crippen molar-refractivity contribution >= 4 is 17.3 Å². The van der Waals surface area contributed by atoms with E-state index in [0.717, 1.165) is 68.0 Å². The lowest BCUT2D eigenvalue weighted by molar-refractivity contribution is 0.240. The van der Waals surface area contributed by atoms with Gasteiger partial charge in [-0.1, -0.05) is 23.7 Å². The van der Waals surface area contributed by atoms with E-state index in [1.54, 1.807) is 0 Å². The molecule has 0 unspecified atom stereocenters. The number of anilines is 1. The Bertz CT molecular complexity index is 660. The van der Waals surface area contributed by atoms with Crippen molar-refractivity contribution in [3.63, 3.8) is 0 Å². The summed E-state index contributed by atoms with van der Waals surface area (Å²) in [4.78, 5) is 4.83. The minimum Gasteiger partial charge on any atom is -0.368 e. The summed E-state index contributed by atoms with van der Waals surface area (Å²) in [5.74, 6) is 2.28. The van der Waals surface area contributed by atoms with E-state index in [0.29, 0.717) is 0 Å². The van der Waals surface area contributed by atoms with Gasteiger partial charge in [-0.25, -0.2) is 0 Å². The van der Waals surface area contributed by atoms with Crippen LogP contribution in [0.15, 0.2) is 24.3 Å². The number of fused-ring (bicyclic) bond motifs is 1. The molecule has 6 heteroatoms. The molecule has 4 rings (SSSR count). The molecule has 2 aliphatic heterocycles. The molecule has 0 amide bonds. The average molecular weight is 318 g/mol. The summed E-state index contributed by atoms with van der Waals surface area (Å²) < 4.78 is 2.29. The molecule has 0 aliphatic carbocycles. The fourth-order valence-electron chi connectivity index (χ4n) is 3.38. The van der Waals surface area contributed by atoms with Crippen LogP contribution in [0.5, 0.6) is 0 Å². The first-order valence-corrected chi connectivity index (χ1v) is 8.32. The van der Waals surface area contributed by atoms with Crippen molar-refractivity contribution in [2.45, 2.75) is 25.9 Å². The summed E-state index contributed by atoms with van der Waals surface area (Å²) in [5, 5.41) is 9.49. The van der Waals surface area contributed by atoms with Gasteiger partial charge in [0.15, 0.2) is 0 Å². The Morgan fingerprint density at radius 1 is 1.00 bits per heavy atom. The second kappa shape index (κ2) is 5.89. The van der Waals surface area contributed by atoms with Gasteiger partial charge in [0.2, 0.25) is 0 Å². The van der Waals surface area contributed by atoms with Gasteiger partial charge in [-0.05, 0) is 18.6 Å². The highest BCUT2D eigenvalue weighted by Crippen LogP contribution is 2.26. The van der Waals surface area contributed by atoms with E-state index in [1.165, 1.54) is 6.42 Å². The minimum atomic E-state index is 0.839. The highest BCUT2D eigenvalue weighted by Gasteiger charge is 2.22. The lowest BCUT2D eigenvalue weighted by atomic mass is 10.2. The average Bonchev–Trinajstić information content (AvgIpc) is 3.14. The minimum absolute atomic E-state index is 0.839. The Kier molecular flexibility index (Phi) is 3.76. The van der Waals surface area contributed by atoms with Crippen LogP contribution in [0.4, 0.5) is 5.69 Å². The summed E-state index contributed by atoms with van der Waals surface area (Å²) in [7, 11) is 0. The number of hydrogen-bond donors (Lipinski definition) is 0. The fraction of sp³-hybridized carbons (Fsp3) is 0.500. The summed E-state index contributed by atoms with van der Waals surface area (Å²) in [6.45, 7) is 6.07. The van der Waals surface area contributed by atoms with E-state index in [9.17, 15) is 0 Å². The maximum atomic E-state index is 6.30. The van der Waals surface area contributed by atoms with Crippen molar-refractivity contribution in [1.82, 2.24) is 19.7 Å². The third-order valence-electron chi connectivity index (χ3n) is 4.62. The predicted molar refractivity (Wildman–Crippen MR) is 87.3 cm³/mol. The van der Waals surface area contributed by atoms with Gasteiger partial charge < -0.3 is 9.47 Å². The van der Waals surface area contributed by atoms with Crippen molar-refractivity contribution in [2.24, 2.45) is 0 Å². The molecule has 2 aromatic rings. The zero-order valence-corrected chi connectivity index (χ0v) is 13.3. The van der Waals surface area contributed by atoms with Crippen LogP contribution in [-0.2, 0) is 19.5 Å². The summed E-state index contributed by atoms with van der Waals surface area (Å²) >= 11 is 6.30. The van der Waals surface area contributed by atoms with E-state index in [4.69, 9.17) is 11.6 Å². The molecule has 0 radical (unpaired) electrons. The van der Waals surface area contributed by atoms with Crippen LogP contribution in [0, 0.1) is 0 Å². The van der Waals surface area contributed by atoms with Crippen molar-refractivity contribution in [3.8, 4) is 0 Å². The van der Waals surface area contributed by atoms with Crippen LogP contribution in [-0.4, -0.2) is 45.8 Å². The fourth-order valence-corrected chi connectivity index (χ4v) is 3.64. The first-order valence-electron chi connectivity index (χ1n) is 7.94. The van der Waals surface area contributed by atoms with Crippen molar-refractivity contribution in [2.75, 3.05) is 31.1 Å². The van der Waals surface area contributed by atoms with E-state index >= 15 is 0 Å². The third-order valence-corrected chi connectivity index (χ3v) is 4.94. The standard InChI is InChI=1S/C16H20ClN5/c17-13-4-1-2-5-14(13)21-10-8-20(9-11-21)12-16-19-18-15-6-3-7-22(15)16/h1-2,4-5H,3,6-12H2. The Balaban J connectivity index is 1.39. The molecule has 0 spiro atoms. The van der Waals surface area contributed by atoms with Gasteiger partial charge in [-0.2, -0.15) is 0 Å².